The molecule has 0 aromatic carbocycles. The second-order valence-corrected chi connectivity index (χ2v) is 5.68. The summed E-state index contributed by atoms with van der Waals surface area (Å²) in [5.74, 6) is 1.10. The number of rotatable bonds is 5. The average molecular weight is 234 g/mol. The Kier molecular flexibility index (Phi) is 5.65. The van der Waals surface area contributed by atoms with E-state index in [1.165, 1.54) is 0 Å². The number of carbonyl (C=O) groups is 1. The molecule has 0 rings (SSSR count). The molecule has 0 spiro atoms. The Labute approximate surface area is 99.0 Å². The number of hydrogen-bond acceptors (Lipinski definition) is 1. The fourth-order valence-corrected chi connectivity index (χ4v) is 1.69. The van der Waals surface area contributed by atoms with Crippen LogP contribution in [0.2, 0.25) is 0 Å². The fourth-order valence-electron chi connectivity index (χ4n) is 1.58. The zero-order valence-electron chi connectivity index (χ0n) is 10.8. The van der Waals surface area contributed by atoms with Gasteiger partial charge in [-0.25, -0.2) is 0 Å². The molecule has 0 radical (unpaired) electrons. The van der Waals surface area contributed by atoms with Crippen molar-refractivity contribution in [1.29, 1.82) is 0 Å². The van der Waals surface area contributed by atoms with Gasteiger partial charge in [0.1, 0.15) is 0 Å². The van der Waals surface area contributed by atoms with Crippen LogP contribution in [0.15, 0.2) is 0 Å². The van der Waals surface area contributed by atoms with E-state index in [2.05, 4.69) is 20.8 Å². The smallest absolute Gasteiger partial charge is 0.229 e. The van der Waals surface area contributed by atoms with Crippen LogP contribution in [-0.4, -0.2) is 29.8 Å². The number of halogens is 1. The number of carbonyl (C=O) groups excluding carboxylic acids is 1. The highest BCUT2D eigenvalue weighted by Crippen LogP contribution is 2.22. The molecular weight excluding hydrogens is 210 g/mol. The van der Waals surface area contributed by atoms with Crippen LogP contribution in [0.5, 0.6) is 0 Å². The molecule has 3 heteroatoms. The van der Waals surface area contributed by atoms with E-state index >= 15 is 0 Å². The van der Waals surface area contributed by atoms with Gasteiger partial charge in [-0.3, -0.25) is 4.79 Å². The summed E-state index contributed by atoms with van der Waals surface area (Å²) in [6.07, 6.45) is 1.03. The van der Waals surface area contributed by atoms with Crippen LogP contribution in [0.4, 0.5) is 0 Å². The van der Waals surface area contributed by atoms with Crippen molar-refractivity contribution in [3.8, 4) is 0 Å². The lowest BCUT2D eigenvalue weighted by molar-refractivity contribution is -0.140. The van der Waals surface area contributed by atoms with Gasteiger partial charge in [0.25, 0.3) is 0 Å². The summed E-state index contributed by atoms with van der Waals surface area (Å²) >= 11 is 5.80. The van der Waals surface area contributed by atoms with Crippen LogP contribution >= 0.6 is 11.6 Å². The molecule has 0 aliphatic rings. The average Bonchev–Trinajstić information content (AvgIpc) is 2.14. The van der Waals surface area contributed by atoms with Crippen molar-refractivity contribution >= 4 is 17.5 Å². The summed E-state index contributed by atoms with van der Waals surface area (Å²) in [6, 6.07) is 0.278. The van der Waals surface area contributed by atoms with Crippen LogP contribution in [0, 0.1) is 11.3 Å². The molecule has 1 atom stereocenters. The lowest BCUT2D eigenvalue weighted by atomic mass is 9.93. The third-order valence-corrected chi connectivity index (χ3v) is 3.38. The van der Waals surface area contributed by atoms with Gasteiger partial charge in [0.2, 0.25) is 5.91 Å². The highest BCUT2D eigenvalue weighted by atomic mass is 35.5. The number of alkyl halides is 1. The number of hydrogen-bond donors (Lipinski definition) is 0. The van der Waals surface area contributed by atoms with Crippen LogP contribution in [-0.2, 0) is 4.79 Å². The second kappa shape index (κ2) is 5.74. The molecule has 0 heterocycles. The zero-order chi connectivity index (χ0) is 12.2. The highest BCUT2D eigenvalue weighted by Gasteiger charge is 2.31. The summed E-state index contributed by atoms with van der Waals surface area (Å²) in [5, 5.41) is 0. The Morgan fingerprint density at radius 1 is 1.33 bits per heavy atom. The second-order valence-electron chi connectivity index (χ2n) is 5.41. The fraction of sp³-hybridized carbons (Fsp3) is 0.917. The van der Waals surface area contributed by atoms with Crippen LogP contribution in [0.1, 0.15) is 41.0 Å². The zero-order valence-corrected chi connectivity index (χ0v) is 11.6. The molecule has 1 amide bonds. The molecule has 0 aliphatic carbocycles. The Morgan fingerprint density at radius 3 is 2.13 bits per heavy atom. The molecule has 0 bridgehead atoms. The topological polar surface area (TPSA) is 20.3 Å². The molecule has 0 saturated carbocycles. The van der Waals surface area contributed by atoms with Crippen molar-refractivity contribution in [1.82, 2.24) is 4.90 Å². The standard InChI is InChI=1S/C12H24ClNO/c1-9(2)7-10(3)14(6)11(15)12(4,5)8-13/h9-10H,7-8H2,1-6H3. The van der Waals surface area contributed by atoms with Crippen molar-refractivity contribution in [3.63, 3.8) is 0 Å². The van der Waals surface area contributed by atoms with E-state index in [0.29, 0.717) is 11.8 Å². The Hall–Kier alpha value is -0.240. The van der Waals surface area contributed by atoms with E-state index in [1.54, 1.807) is 0 Å². The predicted molar refractivity (Wildman–Crippen MR) is 66.2 cm³/mol. The largest absolute Gasteiger partial charge is 0.343 e. The minimum atomic E-state index is -0.457. The first-order valence-corrected chi connectivity index (χ1v) is 6.09. The van der Waals surface area contributed by atoms with Crippen LogP contribution < -0.4 is 0 Å². The van der Waals surface area contributed by atoms with Gasteiger partial charge in [-0.2, -0.15) is 0 Å². The normalized spacial score (nSPS) is 14.1. The molecule has 0 fully saturated rings. The van der Waals surface area contributed by atoms with Gasteiger partial charge in [-0.1, -0.05) is 13.8 Å². The summed E-state index contributed by atoms with van der Waals surface area (Å²) in [7, 11) is 1.86. The van der Waals surface area contributed by atoms with E-state index < -0.39 is 5.41 Å². The molecular formula is C12H24ClNO. The van der Waals surface area contributed by atoms with Gasteiger partial charge in [0.05, 0.1) is 5.41 Å². The van der Waals surface area contributed by atoms with E-state index in [1.807, 2.05) is 25.8 Å². The summed E-state index contributed by atoms with van der Waals surface area (Å²) in [6.45, 7) is 10.2. The Morgan fingerprint density at radius 2 is 1.80 bits per heavy atom. The SMILES string of the molecule is CC(C)CC(C)N(C)C(=O)C(C)(C)CCl. The van der Waals surface area contributed by atoms with Crippen molar-refractivity contribution in [2.24, 2.45) is 11.3 Å². The third kappa shape index (κ3) is 4.42. The Bertz CT molecular complexity index is 214. The van der Waals surface area contributed by atoms with Crippen LogP contribution in [0.25, 0.3) is 0 Å². The molecule has 0 saturated heterocycles. The molecule has 0 aromatic heterocycles. The first-order chi connectivity index (χ1) is 6.72. The van der Waals surface area contributed by atoms with Crippen LogP contribution in [0.3, 0.4) is 0 Å². The van der Waals surface area contributed by atoms with E-state index in [9.17, 15) is 4.79 Å². The lowest BCUT2D eigenvalue weighted by Crippen LogP contribution is -2.44. The van der Waals surface area contributed by atoms with Gasteiger partial charge in [0.15, 0.2) is 0 Å². The quantitative estimate of drug-likeness (QED) is 0.668. The maximum atomic E-state index is 12.1. The molecule has 90 valence electrons. The van der Waals surface area contributed by atoms with Gasteiger partial charge in [0, 0.05) is 19.0 Å². The maximum Gasteiger partial charge on any atom is 0.229 e. The van der Waals surface area contributed by atoms with Crippen molar-refractivity contribution in [2.75, 3.05) is 12.9 Å². The molecule has 15 heavy (non-hydrogen) atoms. The molecule has 0 aliphatic heterocycles. The van der Waals surface area contributed by atoms with Gasteiger partial charge < -0.3 is 4.90 Å². The minimum Gasteiger partial charge on any atom is -0.343 e. The highest BCUT2D eigenvalue weighted by molar-refractivity contribution is 6.19. The van der Waals surface area contributed by atoms with E-state index in [-0.39, 0.29) is 11.9 Å². The van der Waals surface area contributed by atoms with Crippen molar-refractivity contribution < 1.29 is 4.79 Å². The molecule has 2 nitrogen and oxygen atoms in total. The predicted octanol–water partition coefficient (Wildman–Crippen LogP) is 3.14. The van der Waals surface area contributed by atoms with E-state index in [0.717, 1.165) is 6.42 Å². The number of nitrogens with zero attached hydrogens (tertiary/aromatic N) is 1. The number of amides is 1. The first kappa shape index (κ1) is 14.8. The summed E-state index contributed by atoms with van der Waals surface area (Å²) in [4.78, 5) is 13.9. The van der Waals surface area contributed by atoms with E-state index in [4.69, 9.17) is 11.6 Å². The molecule has 0 aromatic rings. The molecule has 1 unspecified atom stereocenters. The molecule has 0 N–H and O–H groups in total. The van der Waals surface area contributed by atoms with Gasteiger partial charge in [-0.05, 0) is 33.1 Å². The van der Waals surface area contributed by atoms with Gasteiger partial charge >= 0.3 is 0 Å². The summed E-state index contributed by atoms with van der Waals surface area (Å²) < 4.78 is 0. The van der Waals surface area contributed by atoms with Crippen molar-refractivity contribution in [2.45, 2.75) is 47.1 Å². The van der Waals surface area contributed by atoms with Gasteiger partial charge in [-0.15, -0.1) is 11.6 Å². The van der Waals surface area contributed by atoms with Crippen molar-refractivity contribution in [3.05, 3.63) is 0 Å². The Balaban J connectivity index is 4.44. The third-order valence-electron chi connectivity index (χ3n) is 2.71. The first-order valence-electron chi connectivity index (χ1n) is 5.55. The lowest BCUT2D eigenvalue weighted by Gasteiger charge is -2.32. The minimum absolute atomic E-state index is 0.130. The summed E-state index contributed by atoms with van der Waals surface area (Å²) in [5.41, 5.74) is -0.457. The monoisotopic (exact) mass is 233 g/mol. The maximum absolute atomic E-state index is 12.1.